The number of aromatic nitrogens is 2. The zero-order valence-electron chi connectivity index (χ0n) is 10.4. The molecule has 0 fully saturated rings. The van der Waals surface area contributed by atoms with Gasteiger partial charge in [0.1, 0.15) is 11.5 Å². The highest BCUT2D eigenvalue weighted by molar-refractivity contribution is 7.99. The van der Waals surface area contributed by atoms with E-state index in [0.717, 1.165) is 4.90 Å². The maximum absolute atomic E-state index is 12.8. The molecule has 0 radical (unpaired) electrons. The topological polar surface area (TPSA) is 61.0 Å². The number of halogens is 1. The van der Waals surface area contributed by atoms with E-state index in [9.17, 15) is 4.39 Å². The smallest absolute Gasteiger partial charge is 0.237 e. The van der Waals surface area contributed by atoms with Crippen LogP contribution < -0.4 is 10.5 Å². The van der Waals surface area contributed by atoms with Crippen molar-refractivity contribution in [3.63, 3.8) is 0 Å². The zero-order valence-corrected chi connectivity index (χ0v) is 11.2. The van der Waals surface area contributed by atoms with E-state index in [1.807, 2.05) is 0 Å². The molecule has 0 aliphatic heterocycles. The fraction of sp³-hybridized carbons (Fsp3) is 0.231. The Hall–Kier alpha value is -1.66. The number of rotatable bonds is 5. The second kappa shape index (κ2) is 6.49. The van der Waals surface area contributed by atoms with Gasteiger partial charge in [0, 0.05) is 23.0 Å². The van der Waals surface area contributed by atoms with Crippen molar-refractivity contribution in [2.45, 2.75) is 10.9 Å². The summed E-state index contributed by atoms with van der Waals surface area (Å²) >= 11 is 1.54. The molecular weight excluding hydrogens is 265 g/mol. The second-order valence-electron chi connectivity index (χ2n) is 3.82. The first-order valence-corrected chi connectivity index (χ1v) is 6.68. The van der Waals surface area contributed by atoms with Gasteiger partial charge in [0.05, 0.1) is 13.2 Å². The van der Waals surface area contributed by atoms with Crippen LogP contribution in [0.4, 0.5) is 4.39 Å². The van der Waals surface area contributed by atoms with Crippen molar-refractivity contribution >= 4 is 11.8 Å². The molecule has 1 heterocycles. The molecule has 1 aromatic carbocycles. The third-order valence-corrected chi connectivity index (χ3v) is 3.61. The molecule has 2 aromatic rings. The van der Waals surface area contributed by atoms with Gasteiger partial charge < -0.3 is 10.5 Å². The lowest BCUT2D eigenvalue weighted by molar-refractivity contribution is 0.386. The Bertz CT molecular complexity index is 536. The molecule has 2 rings (SSSR count). The van der Waals surface area contributed by atoms with Crippen LogP contribution in [0.1, 0.15) is 11.7 Å². The summed E-state index contributed by atoms with van der Waals surface area (Å²) in [5.41, 5.74) is 6.70. The average Bonchev–Trinajstić information content (AvgIpc) is 2.46. The number of ether oxygens (including phenoxy) is 1. The van der Waals surface area contributed by atoms with Gasteiger partial charge in [-0.2, -0.15) is 0 Å². The highest BCUT2D eigenvalue weighted by Gasteiger charge is 2.14. The highest BCUT2D eigenvalue weighted by Crippen LogP contribution is 2.25. The molecule has 6 heteroatoms. The predicted molar refractivity (Wildman–Crippen MR) is 72.6 cm³/mol. The van der Waals surface area contributed by atoms with Crippen molar-refractivity contribution in [3.05, 3.63) is 48.2 Å². The molecule has 0 aliphatic carbocycles. The van der Waals surface area contributed by atoms with E-state index in [2.05, 4.69) is 9.97 Å². The third-order valence-electron chi connectivity index (χ3n) is 2.48. The molecule has 1 unspecified atom stereocenters. The average molecular weight is 279 g/mol. The Kier molecular flexibility index (Phi) is 4.70. The number of thioether (sulfide) groups is 1. The van der Waals surface area contributed by atoms with Gasteiger partial charge in [-0.05, 0) is 24.3 Å². The van der Waals surface area contributed by atoms with Crippen LogP contribution in [-0.4, -0.2) is 22.8 Å². The highest BCUT2D eigenvalue weighted by atomic mass is 32.2. The summed E-state index contributed by atoms with van der Waals surface area (Å²) in [6, 6.07) is 6.01. The molecule has 0 saturated carbocycles. The molecule has 4 nitrogen and oxygen atoms in total. The molecule has 0 aliphatic rings. The van der Waals surface area contributed by atoms with E-state index in [1.54, 1.807) is 24.5 Å². The van der Waals surface area contributed by atoms with Crippen molar-refractivity contribution in [1.29, 1.82) is 0 Å². The lowest BCUT2D eigenvalue weighted by Gasteiger charge is -2.12. The standard InChI is InChI=1S/C13H14FN3OS/c1-18-13-12(16-6-7-17-13)11(15)8-19-10-4-2-9(14)3-5-10/h2-7,11H,8,15H2,1H3. The van der Waals surface area contributed by atoms with Crippen LogP contribution in [0, 0.1) is 5.82 Å². The molecule has 100 valence electrons. The summed E-state index contributed by atoms with van der Waals surface area (Å²) in [5.74, 6) is 0.805. The Morgan fingerprint density at radius 3 is 2.63 bits per heavy atom. The molecule has 1 atom stereocenters. The predicted octanol–water partition coefficient (Wildman–Crippen LogP) is 2.42. The number of hydrogen-bond acceptors (Lipinski definition) is 5. The molecule has 0 amide bonds. The number of nitrogens with two attached hydrogens (primary N) is 1. The molecule has 19 heavy (non-hydrogen) atoms. The largest absolute Gasteiger partial charge is 0.480 e. The zero-order chi connectivity index (χ0) is 13.7. The minimum absolute atomic E-state index is 0.246. The van der Waals surface area contributed by atoms with E-state index in [0.29, 0.717) is 17.3 Å². The lowest BCUT2D eigenvalue weighted by atomic mass is 10.2. The van der Waals surface area contributed by atoms with E-state index in [-0.39, 0.29) is 11.9 Å². The van der Waals surface area contributed by atoms with Gasteiger partial charge >= 0.3 is 0 Å². The van der Waals surface area contributed by atoms with Crippen LogP contribution in [0.3, 0.4) is 0 Å². The van der Waals surface area contributed by atoms with Gasteiger partial charge in [0.15, 0.2) is 0 Å². The van der Waals surface area contributed by atoms with E-state index in [4.69, 9.17) is 10.5 Å². The summed E-state index contributed by atoms with van der Waals surface area (Å²) in [4.78, 5) is 9.21. The second-order valence-corrected chi connectivity index (χ2v) is 4.92. The molecule has 0 spiro atoms. The minimum Gasteiger partial charge on any atom is -0.480 e. The minimum atomic E-state index is -0.293. The summed E-state index contributed by atoms with van der Waals surface area (Å²) in [6.45, 7) is 0. The number of benzene rings is 1. The molecule has 2 N–H and O–H groups in total. The van der Waals surface area contributed by atoms with Crippen LogP contribution >= 0.6 is 11.8 Å². The third kappa shape index (κ3) is 3.65. The van der Waals surface area contributed by atoms with Crippen molar-refractivity contribution in [3.8, 4) is 5.88 Å². The first-order valence-electron chi connectivity index (χ1n) is 5.69. The van der Waals surface area contributed by atoms with E-state index >= 15 is 0 Å². The van der Waals surface area contributed by atoms with Crippen LogP contribution in [-0.2, 0) is 0 Å². The Balaban J connectivity index is 2.01. The number of methoxy groups -OCH3 is 1. The summed E-state index contributed by atoms with van der Waals surface area (Å²) in [6.07, 6.45) is 3.14. The Labute approximate surface area is 115 Å². The lowest BCUT2D eigenvalue weighted by Crippen LogP contribution is -2.16. The first kappa shape index (κ1) is 13.8. The SMILES string of the molecule is COc1nccnc1C(N)CSc1ccc(F)cc1. The molecule has 0 bridgehead atoms. The van der Waals surface area contributed by atoms with Gasteiger partial charge in [0.2, 0.25) is 5.88 Å². The fourth-order valence-electron chi connectivity index (χ4n) is 1.54. The summed E-state index contributed by atoms with van der Waals surface area (Å²) in [5, 5.41) is 0. The summed E-state index contributed by atoms with van der Waals surface area (Å²) < 4.78 is 17.9. The summed E-state index contributed by atoms with van der Waals surface area (Å²) in [7, 11) is 1.54. The van der Waals surface area contributed by atoms with Crippen LogP contribution in [0.15, 0.2) is 41.6 Å². The van der Waals surface area contributed by atoms with E-state index < -0.39 is 0 Å². The fourth-order valence-corrected chi connectivity index (χ4v) is 2.40. The van der Waals surface area contributed by atoms with Crippen molar-refractivity contribution < 1.29 is 9.13 Å². The molecule has 1 aromatic heterocycles. The Morgan fingerprint density at radius 2 is 1.95 bits per heavy atom. The van der Waals surface area contributed by atoms with Crippen LogP contribution in [0.2, 0.25) is 0 Å². The molecular formula is C13H14FN3OS. The first-order chi connectivity index (χ1) is 9.20. The van der Waals surface area contributed by atoms with Crippen molar-refractivity contribution in [2.75, 3.05) is 12.9 Å². The van der Waals surface area contributed by atoms with Gasteiger partial charge in [-0.15, -0.1) is 11.8 Å². The van der Waals surface area contributed by atoms with Crippen LogP contribution in [0.25, 0.3) is 0 Å². The Morgan fingerprint density at radius 1 is 1.26 bits per heavy atom. The van der Waals surface area contributed by atoms with Gasteiger partial charge in [-0.3, -0.25) is 4.98 Å². The van der Waals surface area contributed by atoms with E-state index in [1.165, 1.54) is 31.0 Å². The van der Waals surface area contributed by atoms with Crippen molar-refractivity contribution in [1.82, 2.24) is 9.97 Å². The molecule has 0 saturated heterocycles. The monoisotopic (exact) mass is 279 g/mol. The van der Waals surface area contributed by atoms with Gasteiger partial charge in [-0.1, -0.05) is 0 Å². The maximum Gasteiger partial charge on any atom is 0.237 e. The number of nitrogens with zero attached hydrogens (tertiary/aromatic N) is 2. The van der Waals surface area contributed by atoms with Gasteiger partial charge in [0.25, 0.3) is 0 Å². The maximum atomic E-state index is 12.8. The number of hydrogen-bond donors (Lipinski definition) is 1. The van der Waals surface area contributed by atoms with Crippen LogP contribution in [0.5, 0.6) is 5.88 Å². The van der Waals surface area contributed by atoms with Crippen molar-refractivity contribution in [2.24, 2.45) is 5.73 Å². The van der Waals surface area contributed by atoms with Gasteiger partial charge in [-0.25, -0.2) is 9.37 Å². The quantitative estimate of drug-likeness (QED) is 0.852. The normalized spacial score (nSPS) is 12.2.